The molecular formula is C16H15Cl2NO. The quantitative estimate of drug-likeness (QED) is 0.867. The molecule has 1 N–H and O–H groups in total. The summed E-state index contributed by atoms with van der Waals surface area (Å²) in [6, 6.07) is 12.7. The Kier molecular flexibility index (Phi) is 4.69. The number of benzene rings is 2. The first-order valence-corrected chi connectivity index (χ1v) is 7.06. The van der Waals surface area contributed by atoms with Crippen LogP contribution in [-0.4, -0.2) is 5.91 Å². The summed E-state index contributed by atoms with van der Waals surface area (Å²) in [7, 11) is 0. The topological polar surface area (TPSA) is 29.1 Å². The van der Waals surface area contributed by atoms with E-state index in [4.69, 9.17) is 23.2 Å². The summed E-state index contributed by atoms with van der Waals surface area (Å²) in [5.41, 5.74) is 2.55. The Morgan fingerprint density at radius 1 is 1.10 bits per heavy atom. The van der Waals surface area contributed by atoms with Gasteiger partial charge in [-0.25, -0.2) is 0 Å². The van der Waals surface area contributed by atoms with Crippen LogP contribution in [0.5, 0.6) is 0 Å². The predicted octanol–water partition coefficient (Wildman–Crippen LogP) is 4.79. The molecule has 104 valence electrons. The molecule has 0 aliphatic carbocycles. The van der Waals surface area contributed by atoms with E-state index in [1.807, 2.05) is 44.2 Å². The highest BCUT2D eigenvalue weighted by atomic mass is 35.5. The zero-order valence-corrected chi connectivity index (χ0v) is 12.8. The van der Waals surface area contributed by atoms with Crippen molar-refractivity contribution in [1.82, 2.24) is 5.32 Å². The minimum absolute atomic E-state index is 0.0957. The van der Waals surface area contributed by atoms with E-state index in [0.29, 0.717) is 15.6 Å². The number of rotatable bonds is 3. The van der Waals surface area contributed by atoms with Gasteiger partial charge in [-0.05, 0) is 43.2 Å². The first-order chi connectivity index (χ1) is 9.49. The first kappa shape index (κ1) is 14.9. The standard InChI is InChI=1S/C16H15Cl2NO/c1-10-5-3-4-6-13(10)16(20)19-11(2)12-7-8-14(17)15(18)9-12/h3-9,11H,1-2H3,(H,19,20). The molecule has 0 aliphatic rings. The van der Waals surface area contributed by atoms with Crippen LogP contribution in [0.4, 0.5) is 0 Å². The fourth-order valence-electron chi connectivity index (χ4n) is 1.97. The molecule has 0 aromatic heterocycles. The Balaban J connectivity index is 2.15. The van der Waals surface area contributed by atoms with Gasteiger partial charge in [-0.1, -0.05) is 47.5 Å². The Morgan fingerprint density at radius 3 is 2.45 bits per heavy atom. The molecule has 1 amide bonds. The van der Waals surface area contributed by atoms with E-state index < -0.39 is 0 Å². The molecular weight excluding hydrogens is 293 g/mol. The largest absolute Gasteiger partial charge is 0.346 e. The molecule has 2 aromatic carbocycles. The fourth-order valence-corrected chi connectivity index (χ4v) is 2.27. The van der Waals surface area contributed by atoms with E-state index in [-0.39, 0.29) is 11.9 Å². The monoisotopic (exact) mass is 307 g/mol. The summed E-state index contributed by atoms with van der Waals surface area (Å²) >= 11 is 11.9. The second kappa shape index (κ2) is 6.29. The Hall–Kier alpha value is -1.51. The maximum atomic E-state index is 12.2. The molecule has 0 saturated heterocycles. The fraction of sp³-hybridized carbons (Fsp3) is 0.188. The second-order valence-electron chi connectivity index (χ2n) is 4.68. The summed E-state index contributed by atoms with van der Waals surface area (Å²) in [4.78, 5) is 12.2. The van der Waals surface area contributed by atoms with Crippen LogP contribution in [0, 0.1) is 6.92 Å². The van der Waals surface area contributed by atoms with Gasteiger partial charge in [-0.2, -0.15) is 0 Å². The molecule has 2 rings (SSSR count). The molecule has 0 spiro atoms. The average Bonchev–Trinajstić information content (AvgIpc) is 2.42. The molecule has 20 heavy (non-hydrogen) atoms. The number of hydrogen-bond acceptors (Lipinski definition) is 1. The lowest BCUT2D eigenvalue weighted by Crippen LogP contribution is -2.27. The molecule has 0 radical (unpaired) electrons. The maximum Gasteiger partial charge on any atom is 0.252 e. The number of hydrogen-bond donors (Lipinski definition) is 1. The van der Waals surface area contributed by atoms with E-state index in [1.165, 1.54) is 0 Å². The van der Waals surface area contributed by atoms with E-state index >= 15 is 0 Å². The molecule has 1 atom stereocenters. The van der Waals surface area contributed by atoms with Crippen molar-refractivity contribution < 1.29 is 4.79 Å². The van der Waals surface area contributed by atoms with E-state index in [0.717, 1.165) is 11.1 Å². The number of aryl methyl sites for hydroxylation is 1. The van der Waals surface area contributed by atoms with Gasteiger partial charge in [0.1, 0.15) is 0 Å². The van der Waals surface area contributed by atoms with Crippen LogP contribution in [0.2, 0.25) is 10.0 Å². The second-order valence-corrected chi connectivity index (χ2v) is 5.50. The van der Waals surface area contributed by atoms with Crippen molar-refractivity contribution in [2.24, 2.45) is 0 Å². The number of halogens is 2. The minimum Gasteiger partial charge on any atom is -0.346 e. The molecule has 0 bridgehead atoms. The molecule has 4 heteroatoms. The van der Waals surface area contributed by atoms with Crippen LogP contribution in [0.25, 0.3) is 0 Å². The van der Waals surface area contributed by atoms with Crippen LogP contribution in [0.1, 0.15) is 34.5 Å². The predicted molar refractivity (Wildman–Crippen MR) is 83.5 cm³/mol. The summed E-state index contributed by atoms with van der Waals surface area (Å²) in [6.07, 6.45) is 0. The zero-order chi connectivity index (χ0) is 14.7. The lowest BCUT2D eigenvalue weighted by Gasteiger charge is -2.16. The van der Waals surface area contributed by atoms with Gasteiger partial charge in [0.25, 0.3) is 5.91 Å². The highest BCUT2D eigenvalue weighted by molar-refractivity contribution is 6.42. The summed E-state index contributed by atoms with van der Waals surface area (Å²) in [6.45, 7) is 3.83. The summed E-state index contributed by atoms with van der Waals surface area (Å²) < 4.78 is 0. The third-order valence-corrected chi connectivity index (χ3v) is 3.92. The summed E-state index contributed by atoms with van der Waals surface area (Å²) in [5.74, 6) is -0.0957. The third-order valence-electron chi connectivity index (χ3n) is 3.18. The van der Waals surface area contributed by atoms with E-state index in [9.17, 15) is 4.79 Å². The number of carbonyl (C=O) groups excluding carboxylic acids is 1. The van der Waals surface area contributed by atoms with Crippen molar-refractivity contribution >= 4 is 29.1 Å². The van der Waals surface area contributed by atoms with Gasteiger partial charge in [-0.3, -0.25) is 4.79 Å². The summed E-state index contributed by atoms with van der Waals surface area (Å²) in [5, 5.41) is 3.95. The first-order valence-electron chi connectivity index (χ1n) is 6.30. The number of nitrogens with one attached hydrogen (secondary N) is 1. The SMILES string of the molecule is Cc1ccccc1C(=O)NC(C)c1ccc(Cl)c(Cl)c1. The van der Waals surface area contributed by atoms with Gasteiger partial charge >= 0.3 is 0 Å². The van der Waals surface area contributed by atoms with E-state index in [1.54, 1.807) is 12.1 Å². The zero-order valence-electron chi connectivity index (χ0n) is 11.3. The third kappa shape index (κ3) is 3.33. The molecule has 1 unspecified atom stereocenters. The Morgan fingerprint density at radius 2 is 1.80 bits per heavy atom. The van der Waals surface area contributed by atoms with Crippen molar-refractivity contribution in [1.29, 1.82) is 0 Å². The minimum atomic E-state index is -0.142. The maximum absolute atomic E-state index is 12.2. The van der Waals surface area contributed by atoms with E-state index in [2.05, 4.69) is 5.32 Å². The van der Waals surface area contributed by atoms with Crippen LogP contribution >= 0.6 is 23.2 Å². The van der Waals surface area contributed by atoms with Crippen LogP contribution in [0.15, 0.2) is 42.5 Å². The highest BCUT2D eigenvalue weighted by Crippen LogP contribution is 2.25. The van der Waals surface area contributed by atoms with Crippen molar-refractivity contribution in [3.05, 3.63) is 69.2 Å². The molecule has 0 heterocycles. The lowest BCUT2D eigenvalue weighted by atomic mass is 10.1. The van der Waals surface area contributed by atoms with Crippen molar-refractivity contribution in [3.8, 4) is 0 Å². The van der Waals surface area contributed by atoms with Gasteiger partial charge in [0, 0.05) is 5.56 Å². The molecule has 2 aromatic rings. The van der Waals surface area contributed by atoms with Gasteiger partial charge in [0.2, 0.25) is 0 Å². The van der Waals surface area contributed by atoms with Crippen molar-refractivity contribution in [2.75, 3.05) is 0 Å². The Bertz CT molecular complexity index is 640. The van der Waals surface area contributed by atoms with Gasteiger partial charge in [0.15, 0.2) is 0 Å². The van der Waals surface area contributed by atoms with Gasteiger partial charge < -0.3 is 5.32 Å². The van der Waals surface area contributed by atoms with Crippen LogP contribution in [-0.2, 0) is 0 Å². The molecule has 0 fully saturated rings. The van der Waals surface area contributed by atoms with Crippen molar-refractivity contribution in [3.63, 3.8) is 0 Å². The molecule has 0 aliphatic heterocycles. The van der Waals surface area contributed by atoms with Crippen LogP contribution in [0.3, 0.4) is 0 Å². The number of amides is 1. The van der Waals surface area contributed by atoms with Crippen molar-refractivity contribution in [2.45, 2.75) is 19.9 Å². The normalized spacial score (nSPS) is 12.0. The van der Waals surface area contributed by atoms with Gasteiger partial charge in [0.05, 0.1) is 16.1 Å². The Labute approximate surface area is 128 Å². The van der Waals surface area contributed by atoms with Crippen LogP contribution < -0.4 is 5.32 Å². The van der Waals surface area contributed by atoms with Gasteiger partial charge in [-0.15, -0.1) is 0 Å². The number of carbonyl (C=O) groups is 1. The molecule has 2 nitrogen and oxygen atoms in total. The average molecular weight is 308 g/mol. The molecule has 0 saturated carbocycles. The lowest BCUT2D eigenvalue weighted by molar-refractivity contribution is 0.0939. The highest BCUT2D eigenvalue weighted by Gasteiger charge is 2.13. The smallest absolute Gasteiger partial charge is 0.252 e.